The number of para-hydroxylation sites is 9. The van der Waals surface area contributed by atoms with Gasteiger partial charge in [0.15, 0.2) is 0 Å². The van der Waals surface area contributed by atoms with Gasteiger partial charge in [-0.15, -0.1) is 0 Å². The Morgan fingerprint density at radius 1 is 0.205 bits per heavy atom. The third-order valence-electron chi connectivity index (χ3n) is 16.0. The van der Waals surface area contributed by atoms with Crippen molar-refractivity contribution in [2.45, 2.75) is 0 Å². The van der Waals surface area contributed by atoms with Crippen LogP contribution in [0.2, 0.25) is 0 Å². The molecule has 0 bridgehead atoms. The first-order chi connectivity index (χ1) is 38.7. The van der Waals surface area contributed by atoms with Gasteiger partial charge in [0, 0.05) is 92.7 Å². The summed E-state index contributed by atoms with van der Waals surface area (Å²) >= 11 is 0. The maximum atomic E-state index is 6.56. The van der Waals surface area contributed by atoms with E-state index < -0.39 is 0 Å². The molecule has 0 fully saturated rings. The van der Waals surface area contributed by atoms with Crippen LogP contribution in [0.25, 0.3) is 165 Å². The van der Waals surface area contributed by atoms with Gasteiger partial charge in [0.2, 0.25) is 0 Å². The van der Waals surface area contributed by atoms with Crippen LogP contribution in [0, 0.1) is 0 Å². The van der Waals surface area contributed by atoms with Gasteiger partial charge in [-0.05, 0) is 90.5 Å². The summed E-state index contributed by atoms with van der Waals surface area (Å²) in [6, 6.07) is 89.4. The van der Waals surface area contributed by atoms with Crippen molar-refractivity contribution in [1.29, 1.82) is 0 Å². The molecule has 6 heteroatoms. The van der Waals surface area contributed by atoms with Crippen molar-refractivity contribution < 1.29 is 17.7 Å². The minimum absolute atomic E-state index is 0.874. The monoisotopic (exact) mass is 998 g/mol. The highest BCUT2D eigenvalue weighted by Gasteiger charge is 2.21. The summed E-state index contributed by atoms with van der Waals surface area (Å²) in [5, 5.41) is 13.9. The van der Waals surface area contributed by atoms with Gasteiger partial charge in [0.05, 0.1) is 22.1 Å². The number of hydrogen-bond donors (Lipinski definition) is 0. The summed E-state index contributed by atoms with van der Waals surface area (Å²) in [5.41, 5.74) is 18.4. The van der Waals surface area contributed by atoms with Crippen molar-refractivity contribution >= 4 is 131 Å². The van der Waals surface area contributed by atoms with Crippen molar-refractivity contribution in [3.8, 4) is 33.6 Å². The molecule has 0 amide bonds. The van der Waals surface area contributed by atoms with Crippen LogP contribution < -0.4 is 0 Å². The third-order valence-corrected chi connectivity index (χ3v) is 16.0. The van der Waals surface area contributed by atoms with Crippen molar-refractivity contribution in [2.24, 2.45) is 0 Å². The van der Waals surface area contributed by atoms with Gasteiger partial charge in [0.25, 0.3) is 0 Å². The normalized spacial score (nSPS) is 12.1. The fourth-order valence-electron chi connectivity index (χ4n) is 12.5. The first kappa shape index (κ1) is 42.8. The zero-order chi connectivity index (χ0) is 51.0. The molecule has 0 atom stereocenters. The second-order valence-electron chi connectivity index (χ2n) is 20.3. The second kappa shape index (κ2) is 16.5. The largest absolute Gasteiger partial charge is 0.456 e. The number of furan rings is 4. The lowest BCUT2D eigenvalue weighted by molar-refractivity contribution is 0.665. The molecule has 18 aromatic rings. The van der Waals surface area contributed by atoms with Crippen LogP contribution >= 0.6 is 0 Å². The summed E-state index contributed by atoms with van der Waals surface area (Å²) < 4.78 is 30.3. The van der Waals surface area contributed by atoms with E-state index in [-0.39, 0.29) is 0 Å². The zero-order valence-corrected chi connectivity index (χ0v) is 41.8. The number of hydrogen-bond acceptors (Lipinski definition) is 4. The molecule has 0 spiro atoms. The number of nitrogens with zero attached hydrogens (tertiary/aromatic N) is 2. The van der Waals surface area contributed by atoms with E-state index in [9.17, 15) is 0 Å². The third kappa shape index (κ3) is 6.25. The molecule has 0 aliphatic rings. The molecule has 0 saturated carbocycles. The fraction of sp³-hybridized carbons (Fsp3) is 0. The summed E-state index contributed by atoms with van der Waals surface area (Å²) in [7, 11) is 0. The van der Waals surface area contributed by atoms with Crippen molar-refractivity contribution in [2.75, 3.05) is 0 Å². The fourth-order valence-corrected chi connectivity index (χ4v) is 12.5. The molecule has 18 rings (SSSR count). The Labute approximate surface area is 444 Å². The lowest BCUT2D eigenvalue weighted by Gasteiger charge is -2.08. The predicted molar refractivity (Wildman–Crippen MR) is 322 cm³/mol. The highest BCUT2D eigenvalue weighted by atomic mass is 16.3. The first-order valence-electron chi connectivity index (χ1n) is 26.4. The minimum atomic E-state index is 0.874. The molecule has 0 aliphatic heterocycles. The second-order valence-corrected chi connectivity index (χ2v) is 20.3. The van der Waals surface area contributed by atoms with Gasteiger partial charge in [-0.25, -0.2) is 0 Å². The van der Waals surface area contributed by atoms with E-state index in [1.807, 2.05) is 24.3 Å². The van der Waals surface area contributed by atoms with Gasteiger partial charge in [0.1, 0.15) is 44.7 Å². The van der Waals surface area contributed by atoms with E-state index in [0.717, 1.165) is 121 Å². The van der Waals surface area contributed by atoms with E-state index in [1.165, 1.54) is 43.6 Å². The van der Waals surface area contributed by atoms with Crippen LogP contribution in [0.5, 0.6) is 0 Å². The molecule has 364 valence electrons. The lowest BCUT2D eigenvalue weighted by Crippen LogP contribution is -1.93. The van der Waals surface area contributed by atoms with Crippen molar-refractivity contribution in [3.63, 3.8) is 0 Å². The van der Waals surface area contributed by atoms with E-state index in [2.05, 4.69) is 240 Å². The maximum Gasteiger partial charge on any atom is 0.143 e. The van der Waals surface area contributed by atoms with Gasteiger partial charge in [-0.1, -0.05) is 170 Å². The number of fused-ring (bicyclic) bond motifs is 18. The van der Waals surface area contributed by atoms with Crippen LogP contribution in [0.4, 0.5) is 0 Å². The molecule has 6 heterocycles. The van der Waals surface area contributed by atoms with E-state index >= 15 is 0 Å². The summed E-state index contributed by atoms with van der Waals surface area (Å²) in [5.74, 6) is 0. The SMILES string of the molecule is c1ccc2c(c1)oc1c(-c3ccc4oc5ccc(-n6c7ccccc7c7ccccc76)cc5c4c3)cccc12.c1ccc2c(c1)oc1c(-c3cccc4c3oc3ccc(-n5c6ccccc6c6ccccc65)cc34)cccc12. The molecule has 0 radical (unpaired) electrons. The molecule has 0 N–H and O–H groups in total. The smallest absolute Gasteiger partial charge is 0.143 e. The van der Waals surface area contributed by atoms with Crippen molar-refractivity contribution in [1.82, 2.24) is 9.13 Å². The van der Waals surface area contributed by atoms with Gasteiger partial charge < -0.3 is 26.8 Å². The van der Waals surface area contributed by atoms with E-state index in [1.54, 1.807) is 0 Å². The Morgan fingerprint density at radius 2 is 0.526 bits per heavy atom. The summed E-state index contributed by atoms with van der Waals surface area (Å²) in [4.78, 5) is 0. The standard InChI is InChI=1S/2C36H21NO2/c1-4-16-31-23(9-1)24-10-2-5-17-32(24)37(31)22-19-20-34-30(21-22)29-15-8-14-28(36(29)39-34)27-13-7-12-26-25-11-3-6-18-33(25)38-35(26)27;1-4-13-31-25(8-1)26-9-2-5-14-32(26)37(31)23-17-19-35-30(21-23)29-20-22(16-18-34(29)38-35)24-11-7-12-28-27-10-3-6-15-33(27)39-36(24)28/h2*1-21H. The molecule has 6 aromatic heterocycles. The molecular weight excluding hydrogens is 957 g/mol. The van der Waals surface area contributed by atoms with Crippen LogP contribution in [0.3, 0.4) is 0 Å². The topological polar surface area (TPSA) is 62.4 Å². The Morgan fingerprint density at radius 3 is 1.00 bits per heavy atom. The molecule has 12 aromatic carbocycles. The van der Waals surface area contributed by atoms with Crippen molar-refractivity contribution in [3.05, 3.63) is 255 Å². The van der Waals surface area contributed by atoms with Gasteiger partial charge in [-0.2, -0.15) is 0 Å². The summed E-state index contributed by atoms with van der Waals surface area (Å²) in [6.07, 6.45) is 0. The number of aromatic nitrogens is 2. The highest BCUT2D eigenvalue weighted by Crippen LogP contribution is 2.44. The molecule has 0 aliphatic carbocycles. The van der Waals surface area contributed by atoms with Crippen LogP contribution in [-0.4, -0.2) is 9.13 Å². The van der Waals surface area contributed by atoms with E-state index in [0.29, 0.717) is 0 Å². The summed E-state index contributed by atoms with van der Waals surface area (Å²) in [6.45, 7) is 0. The van der Waals surface area contributed by atoms with Crippen LogP contribution in [0.1, 0.15) is 0 Å². The Hall–Kier alpha value is -10.6. The molecule has 0 unspecified atom stereocenters. The van der Waals surface area contributed by atoms with Gasteiger partial charge in [-0.3, -0.25) is 0 Å². The Kier molecular flexibility index (Phi) is 9.03. The minimum Gasteiger partial charge on any atom is -0.456 e. The molecule has 6 nitrogen and oxygen atoms in total. The number of benzene rings is 12. The molecule has 0 saturated heterocycles. The molecule has 78 heavy (non-hydrogen) atoms. The number of rotatable bonds is 4. The Bertz CT molecular complexity index is 5250. The quantitative estimate of drug-likeness (QED) is 0.176. The van der Waals surface area contributed by atoms with Gasteiger partial charge >= 0.3 is 0 Å². The average molecular weight is 999 g/mol. The average Bonchev–Trinajstić information content (AvgIpc) is 4.43. The zero-order valence-electron chi connectivity index (χ0n) is 41.8. The highest BCUT2D eigenvalue weighted by molar-refractivity contribution is 6.17. The van der Waals surface area contributed by atoms with Crippen LogP contribution in [-0.2, 0) is 0 Å². The van der Waals surface area contributed by atoms with E-state index in [4.69, 9.17) is 17.7 Å². The first-order valence-corrected chi connectivity index (χ1v) is 26.4. The molecular formula is C72H42N2O4. The van der Waals surface area contributed by atoms with Crippen LogP contribution in [0.15, 0.2) is 272 Å². The lowest BCUT2D eigenvalue weighted by atomic mass is 10.00. The Balaban J connectivity index is 0.000000126. The predicted octanol–water partition coefficient (Wildman–Crippen LogP) is 20.5. The maximum absolute atomic E-state index is 6.56.